The van der Waals surface area contributed by atoms with Gasteiger partial charge in [0.15, 0.2) is 0 Å². The summed E-state index contributed by atoms with van der Waals surface area (Å²) in [5.74, 6) is 0.789. The fourth-order valence-electron chi connectivity index (χ4n) is 2.62. The number of amides is 1. The molecule has 0 unspecified atom stereocenters. The molecule has 2 aromatic rings. The van der Waals surface area contributed by atoms with Crippen LogP contribution in [0.15, 0.2) is 48.8 Å². The quantitative estimate of drug-likeness (QED) is 0.815. The molecular weight excluding hydrogens is 288 g/mol. The van der Waals surface area contributed by atoms with Gasteiger partial charge in [-0.15, -0.1) is 0 Å². The maximum atomic E-state index is 12.3. The summed E-state index contributed by atoms with van der Waals surface area (Å²) in [6, 6.07) is 9.85. The lowest BCUT2D eigenvalue weighted by Gasteiger charge is -2.34. The molecule has 118 valence electrons. The van der Waals surface area contributed by atoms with Gasteiger partial charge in [0.25, 0.3) is 0 Å². The number of carbonyl (C=O) groups is 1. The van der Waals surface area contributed by atoms with Gasteiger partial charge in [0, 0.05) is 44.6 Å². The van der Waals surface area contributed by atoms with Crippen LogP contribution in [0.1, 0.15) is 11.1 Å². The molecule has 23 heavy (non-hydrogen) atoms. The average molecular weight is 308 g/mol. The first kappa shape index (κ1) is 15.2. The van der Waals surface area contributed by atoms with Crippen LogP contribution in [-0.2, 0) is 4.79 Å². The number of aryl methyl sites for hydroxylation is 1. The van der Waals surface area contributed by atoms with Crippen LogP contribution in [0, 0.1) is 6.92 Å². The Morgan fingerprint density at radius 1 is 1.04 bits per heavy atom. The standard InChI is InChI=1S/C18H20N4O/c1-15-5-2-3-6-16(15)7-8-17(23)21-11-13-22(14-12-21)18-19-9-4-10-20-18/h2-10H,11-14H2,1H3/b8-7+. The van der Waals surface area contributed by atoms with Crippen molar-refractivity contribution in [2.75, 3.05) is 31.1 Å². The topological polar surface area (TPSA) is 49.3 Å². The number of carbonyl (C=O) groups excluding carboxylic acids is 1. The third-order valence-corrected chi connectivity index (χ3v) is 4.02. The number of hydrogen-bond donors (Lipinski definition) is 0. The predicted octanol–water partition coefficient (Wildman–Crippen LogP) is 2.15. The molecule has 5 heteroatoms. The molecule has 1 aromatic carbocycles. The predicted molar refractivity (Wildman–Crippen MR) is 91.0 cm³/mol. The first-order chi connectivity index (χ1) is 11.2. The van der Waals surface area contributed by atoms with Crippen LogP contribution in [0.4, 0.5) is 5.95 Å². The normalized spacial score (nSPS) is 15.2. The van der Waals surface area contributed by atoms with Gasteiger partial charge in [-0.3, -0.25) is 4.79 Å². The molecule has 0 spiro atoms. The van der Waals surface area contributed by atoms with E-state index in [2.05, 4.69) is 14.9 Å². The number of benzene rings is 1. The van der Waals surface area contributed by atoms with E-state index in [1.165, 1.54) is 5.56 Å². The Morgan fingerprint density at radius 3 is 2.43 bits per heavy atom. The van der Waals surface area contributed by atoms with Gasteiger partial charge < -0.3 is 9.80 Å². The van der Waals surface area contributed by atoms with Crippen LogP contribution in [0.2, 0.25) is 0 Å². The van der Waals surface area contributed by atoms with Gasteiger partial charge in [0.05, 0.1) is 0 Å². The van der Waals surface area contributed by atoms with Gasteiger partial charge in [-0.1, -0.05) is 24.3 Å². The Kier molecular flexibility index (Phi) is 4.66. The Morgan fingerprint density at radius 2 is 1.74 bits per heavy atom. The zero-order valence-electron chi connectivity index (χ0n) is 13.2. The van der Waals surface area contributed by atoms with E-state index < -0.39 is 0 Å². The monoisotopic (exact) mass is 308 g/mol. The minimum absolute atomic E-state index is 0.0573. The van der Waals surface area contributed by atoms with Crippen LogP contribution in [0.25, 0.3) is 6.08 Å². The molecule has 1 aromatic heterocycles. The average Bonchev–Trinajstić information content (AvgIpc) is 2.62. The number of hydrogen-bond acceptors (Lipinski definition) is 4. The molecule has 1 aliphatic rings. The van der Waals surface area contributed by atoms with Crippen molar-refractivity contribution < 1.29 is 4.79 Å². The maximum Gasteiger partial charge on any atom is 0.246 e. The largest absolute Gasteiger partial charge is 0.337 e. The highest BCUT2D eigenvalue weighted by Crippen LogP contribution is 2.12. The van der Waals surface area contributed by atoms with Crippen LogP contribution in [0.3, 0.4) is 0 Å². The van der Waals surface area contributed by atoms with Gasteiger partial charge in [-0.25, -0.2) is 9.97 Å². The van der Waals surface area contributed by atoms with Crippen molar-refractivity contribution >= 4 is 17.9 Å². The van der Waals surface area contributed by atoms with Gasteiger partial charge in [0.1, 0.15) is 0 Å². The molecule has 3 rings (SSSR count). The van der Waals surface area contributed by atoms with Gasteiger partial charge in [-0.05, 0) is 30.2 Å². The van der Waals surface area contributed by atoms with E-state index in [1.54, 1.807) is 24.5 Å². The molecule has 0 atom stereocenters. The maximum absolute atomic E-state index is 12.3. The van der Waals surface area contributed by atoms with Crippen molar-refractivity contribution in [1.29, 1.82) is 0 Å². The number of rotatable bonds is 3. The zero-order valence-corrected chi connectivity index (χ0v) is 13.2. The van der Waals surface area contributed by atoms with Crippen molar-refractivity contribution in [2.24, 2.45) is 0 Å². The fraction of sp³-hybridized carbons (Fsp3) is 0.278. The highest BCUT2D eigenvalue weighted by Gasteiger charge is 2.20. The van der Waals surface area contributed by atoms with Crippen LogP contribution in [0.5, 0.6) is 0 Å². The number of piperazine rings is 1. The third kappa shape index (κ3) is 3.74. The van der Waals surface area contributed by atoms with Gasteiger partial charge in [-0.2, -0.15) is 0 Å². The van der Waals surface area contributed by atoms with E-state index in [9.17, 15) is 4.79 Å². The van der Waals surface area contributed by atoms with E-state index in [-0.39, 0.29) is 5.91 Å². The third-order valence-electron chi connectivity index (χ3n) is 4.02. The molecule has 0 N–H and O–H groups in total. The van der Waals surface area contributed by atoms with Crippen LogP contribution in [-0.4, -0.2) is 47.0 Å². The van der Waals surface area contributed by atoms with E-state index in [0.717, 1.165) is 24.6 Å². The SMILES string of the molecule is Cc1ccccc1/C=C/C(=O)N1CCN(c2ncccn2)CC1. The van der Waals surface area contributed by atoms with Crippen molar-refractivity contribution in [1.82, 2.24) is 14.9 Å². The van der Waals surface area contributed by atoms with Crippen molar-refractivity contribution in [3.05, 3.63) is 59.9 Å². The van der Waals surface area contributed by atoms with Crippen molar-refractivity contribution in [2.45, 2.75) is 6.92 Å². The summed E-state index contributed by atoms with van der Waals surface area (Å²) in [6.07, 6.45) is 7.04. The number of anilines is 1. The minimum Gasteiger partial charge on any atom is -0.337 e. The van der Waals surface area contributed by atoms with Crippen LogP contribution < -0.4 is 4.90 Å². The van der Waals surface area contributed by atoms with Crippen molar-refractivity contribution in [3.8, 4) is 0 Å². The summed E-state index contributed by atoms with van der Waals surface area (Å²) in [7, 11) is 0. The molecule has 0 saturated carbocycles. The van der Waals surface area contributed by atoms with Gasteiger partial charge >= 0.3 is 0 Å². The molecule has 5 nitrogen and oxygen atoms in total. The highest BCUT2D eigenvalue weighted by atomic mass is 16.2. The smallest absolute Gasteiger partial charge is 0.246 e. The Balaban J connectivity index is 1.57. The van der Waals surface area contributed by atoms with E-state index in [4.69, 9.17) is 0 Å². The lowest BCUT2D eigenvalue weighted by atomic mass is 10.1. The second kappa shape index (κ2) is 7.05. The van der Waals surface area contributed by atoms with Gasteiger partial charge in [0.2, 0.25) is 11.9 Å². The van der Waals surface area contributed by atoms with E-state index >= 15 is 0 Å². The first-order valence-corrected chi connectivity index (χ1v) is 7.78. The molecule has 1 amide bonds. The molecule has 2 heterocycles. The Labute approximate surface area is 136 Å². The molecule has 1 aliphatic heterocycles. The second-order valence-corrected chi connectivity index (χ2v) is 5.55. The highest BCUT2D eigenvalue weighted by molar-refractivity contribution is 5.92. The Bertz CT molecular complexity index is 691. The molecular formula is C18H20N4O. The summed E-state index contributed by atoms with van der Waals surface area (Å²) < 4.78 is 0. The molecule has 0 bridgehead atoms. The number of nitrogens with zero attached hydrogens (tertiary/aromatic N) is 4. The second-order valence-electron chi connectivity index (χ2n) is 5.55. The first-order valence-electron chi connectivity index (χ1n) is 7.78. The zero-order chi connectivity index (χ0) is 16.1. The van der Waals surface area contributed by atoms with Crippen molar-refractivity contribution in [3.63, 3.8) is 0 Å². The lowest BCUT2D eigenvalue weighted by molar-refractivity contribution is -0.126. The van der Waals surface area contributed by atoms with Crippen LogP contribution >= 0.6 is 0 Å². The summed E-state index contributed by atoms with van der Waals surface area (Å²) in [4.78, 5) is 24.8. The summed E-state index contributed by atoms with van der Waals surface area (Å²) in [5, 5.41) is 0. The fourth-order valence-corrected chi connectivity index (χ4v) is 2.62. The molecule has 0 aliphatic carbocycles. The number of aromatic nitrogens is 2. The van der Waals surface area contributed by atoms with E-state index in [1.807, 2.05) is 42.2 Å². The molecule has 0 radical (unpaired) electrons. The lowest BCUT2D eigenvalue weighted by Crippen LogP contribution is -2.48. The molecule has 1 saturated heterocycles. The Hall–Kier alpha value is -2.69. The minimum atomic E-state index is 0.0573. The summed E-state index contributed by atoms with van der Waals surface area (Å²) >= 11 is 0. The van der Waals surface area contributed by atoms with E-state index in [0.29, 0.717) is 13.1 Å². The summed E-state index contributed by atoms with van der Waals surface area (Å²) in [6.45, 7) is 4.94. The molecule has 1 fully saturated rings. The summed E-state index contributed by atoms with van der Waals surface area (Å²) in [5.41, 5.74) is 2.25.